The van der Waals surface area contributed by atoms with Gasteiger partial charge in [0, 0.05) is 30.2 Å². The van der Waals surface area contributed by atoms with Gasteiger partial charge < -0.3 is 36.4 Å². The van der Waals surface area contributed by atoms with Gasteiger partial charge in [0.25, 0.3) is 5.91 Å². The van der Waals surface area contributed by atoms with Gasteiger partial charge in [-0.25, -0.2) is 0 Å². The largest absolute Gasteiger partial charge is 0.484 e. The first-order chi connectivity index (χ1) is 32.5. The highest BCUT2D eigenvalue weighted by molar-refractivity contribution is 7.09. The molecule has 8 rings (SSSR count). The second-order valence-corrected chi connectivity index (χ2v) is 17.5. The maximum atomic E-state index is 14.7. The zero-order valence-electron chi connectivity index (χ0n) is 36.8. The zero-order chi connectivity index (χ0) is 47.0. The number of thiophene rings is 1. The minimum atomic E-state index is -1.22. The number of hydrogen-bond acceptors (Lipinski definition) is 8. The predicted octanol–water partition coefficient (Wildman–Crippen LogP) is 5.61. The van der Waals surface area contributed by atoms with Crippen LogP contribution in [0.25, 0.3) is 11.1 Å². The van der Waals surface area contributed by atoms with Crippen molar-refractivity contribution < 1.29 is 38.6 Å². The van der Waals surface area contributed by atoms with E-state index in [4.69, 9.17) is 4.74 Å². The van der Waals surface area contributed by atoms with Crippen LogP contribution in [-0.4, -0.2) is 77.4 Å². The standard InChI is InChI=1S/C53H53N5O8S/c59-48-34-66-42-25-20-38(21-26-42)31-45(51(63)54-41(32-49(60)61)29-36-13-6-2-7-14-36)57-50(62)44(27-22-35-11-4-1-5-12-35)56-52(64)46(58-53(65)47(55-48)33-43-17-10-28-67-43)30-37-18-23-40(24-19-37)39-15-8-3-9-16-39/h1-21,23-26,28,41,44-47H,22,27,29-34H2,(H,54,63)(H,55,59)(H,56,64)(H,57,62)(H,58,65)(H,60,61)/t41?,44?,45-,46+,47-/m0/s1. The molecule has 1 aromatic heterocycles. The topological polar surface area (TPSA) is 192 Å². The van der Waals surface area contributed by atoms with Crippen LogP contribution >= 0.6 is 11.3 Å². The molecule has 5 atom stereocenters. The second-order valence-electron chi connectivity index (χ2n) is 16.5. The third-order valence-corrected chi connectivity index (χ3v) is 12.3. The van der Waals surface area contributed by atoms with Crippen LogP contribution in [0.5, 0.6) is 5.75 Å². The van der Waals surface area contributed by atoms with E-state index in [0.29, 0.717) is 17.7 Å². The Morgan fingerprint density at radius 3 is 1.87 bits per heavy atom. The van der Waals surface area contributed by atoms with E-state index in [2.05, 4.69) is 26.6 Å². The van der Waals surface area contributed by atoms with Crippen LogP contribution in [0.15, 0.2) is 157 Å². The number of amides is 5. The Balaban J connectivity index is 1.22. The molecule has 3 heterocycles. The van der Waals surface area contributed by atoms with Crippen LogP contribution in [0, 0.1) is 0 Å². The molecule has 2 aliphatic rings. The van der Waals surface area contributed by atoms with Crippen molar-refractivity contribution in [2.45, 2.75) is 75.2 Å². The molecule has 0 spiro atoms. The number of carbonyl (C=O) groups excluding carboxylic acids is 5. The quantitative estimate of drug-likeness (QED) is 0.0760. The number of rotatable bonds is 14. The molecule has 5 aromatic carbocycles. The van der Waals surface area contributed by atoms with E-state index in [1.54, 1.807) is 24.3 Å². The Morgan fingerprint density at radius 1 is 0.627 bits per heavy atom. The van der Waals surface area contributed by atoms with Gasteiger partial charge in [-0.3, -0.25) is 28.8 Å². The Hall–Kier alpha value is -7.58. The normalized spacial score (nSPS) is 18.6. The monoisotopic (exact) mass is 919 g/mol. The maximum absolute atomic E-state index is 14.7. The summed E-state index contributed by atoms with van der Waals surface area (Å²) in [6, 6.07) is 40.9. The van der Waals surface area contributed by atoms with E-state index in [1.807, 2.05) is 133 Å². The Bertz CT molecular complexity index is 2580. The molecule has 2 bridgehead atoms. The lowest BCUT2D eigenvalue weighted by Gasteiger charge is -2.27. The molecule has 0 saturated carbocycles. The Morgan fingerprint density at radius 2 is 1.22 bits per heavy atom. The Kier molecular flexibility index (Phi) is 16.7. The smallest absolute Gasteiger partial charge is 0.305 e. The van der Waals surface area contributed by atoms with Crippen molar-refractivity contribution >= 4 is 46.8 Å². The van der Waals surface area contributed by atoms with Crippen molar-refractivity contribution in [2.75, 3.05) is 6.61 Å². The summed E-state index contributed by atoms with van der Waals surface area (Å²) < 4.78 is 5.82. The maximum Gasteiger partial charge on any atom is 0.305 e. The summed E-state index contributed by atoms with van der Waals surface area (Å²) in [5, 5.41) is 26.1. The fraction of sp³-hybridized carbons (Fsp3) is 0.245. The van der Waals surface area contributed by atoms with Gasteiger partial charge in [0.05, 0.1) is 6.42 Å². The number of carboxylic acid groups (broad SMARTS) is 1. The number of benzene rings is 5. The van der Waals surface area contributed by atoms with Gasteiger partial charge in [0.2, 0.25) is 23.6 Å². The first-order valence-electron chi connectivity index (χ1n) is 22.2. The summed E-state index contributed by atoms with van der Waals surface area (Å²) >= 11 is 1.43. The lowest BCUT2D eigenvalue weighted by Crippen LogP contribution is -2.59. The third kappa shape index (κ3) is 14.5. The number of fused-ring (bicyclic) bond motifs is 16. The van der Waals surface area contributed by atoms with Crippen molar-refractivity contribution in [3.05, 3.63) is 184 Å². The van der Waals surface area contributed by atoms with Gasteiger partial charge in [-0.2, -0.15) is 0 Å². The molecule has 0 radical (unpaired) electrons. The number of aryl methyl sites for hydroxylation is 1. The molecular formula is C53H53N5O8S. The van der Waals surface area contributed by atoms with Crippen LogP contribution in [0.4, 0.5) is 0 Å². The summed E-state index contributed by atoms with van der Waals surface area (Å²) in [5.74, 6) is -3.86. The fourth-order valence-electron chi connectivity index (χ4n) is 7.93. The fourth-order valence-corrected chi connectivity index (χ4v) is 8.68. The molecule has 13 nitrogen and oxygen atoms in total. The molecular weight excluding hydrogens is 867 g/mol. The van der Waals surface area contributed by atoms with Crippen LogP contribution in [0.3, 0.4) is 0 Å². The third-order valence-electron chi connectivity index (χ3n) is 11.4. The molecule has 5 amide bonds. The van der Waals surface area contributed by atoms with Gasteiger partial charge in [0.1, 0.15) is 29.9 Å². The molecule has 6 aromatic rings. The number of ether oxygens (including phenoxy) is 1. The molecule has 67 heavy (non-hydrogen) atoms. The summed E-state index contributed by atoms with van der Waals surface area (Å²) in [6.45, 7) is -0.415. The molecule has 14 heteroatoms. The van der Waals surface area contributed by atoms with Gasteiger partial charge in [-0.05, 0) is 76.2 Å². The Labute approximate surface area is 393 Å². The zero-order valence-corrected chi connectivity index (χ0v) is 37.6. The van der Waals surface area contributed by atoms with Crippen molar-refractivity contribution in [3.63, 3.8) is 0 Å². The number of carboxylic acids is 1. The molecule has 0 fully saturated rings. The number of aliphatic carboxylic acids is 1. The predicted molar refractivity (Wildman–Crippen MR) is 256 cm³/mol. The minimum absolute atomic E-state index is 0.00905. The van der Waals surface area contributed by atoms with Crippen LogP contribution < -0.4 is 31.3 Å². The minimum Gasteiger partial charge on any atom is -0.484 e. The van der Waals surface area contributed by atoms with E-state index in [-0.39, 0.29) is 38.5 Å². The lowest BCUT2D eigenvalue weighted by atomic mass is 9.98. The van der Waals surface area contributed by atoms with E-state index in [9.17, 15) is 33.9 Å². The van der Waals surface area contributed by atoms with Crippen LogP contribution in [0.2, 0.25) is 0 Å². The van der Waals surface area contributed by atoms with Gasteiger partial charge in [-0.15, -0.1) is 11.3 Å². The lowest BCUT2D eigenvalue weighted by molar-refractivity contribution is -0.138. The number of nitrogens with one attached hydrogen (secondary N) is 5. The number of hydrogen-bond donors (Lipinski definition) is 6. The SMILES string of the molecule is O=C(O)CC(Cc1ccccc1)NC(=O)[C@@H]1Cc2ccc(cc2)OCC(=O)N[C@@H](Cc2cccs2)C(=O)N[C@H](Cc2ccc(-c3ccccc3)cc2)C(=O)NC(CCc2ccccc2)C(=O)N1. The number of carbonyl (C=O) groups is 6. The van der Waals surface area contributed by atoms with Crippen molar-refractivity contribution in [1.29, 1.82) is 0 Å². The van der Waals surface area contributed by atoms with Crippen LogP contribution in [0.1, 0.15) is 40.0 Å². The second kappa shape index (κ2) is 23.6. The highest BCUT2D eigenvalue weighted by Crippen LogP contribution is 2.21. The highest BCUT2D eigenvalue weighted by Gasteiger charge is 2.33. The van der Waals surface area contributed by atoms with E-state index in [1.165, 1.54) is 11.3 Å². The van der Waals surface area contributed by atoms with Crippen molar-refractivity contribution in [3.8, 4) is 16.9 Å². The molecule has 6 N–H and O–H groups in total. The van der Waals surface area contributed by atoms with Crippen LogP contribution in [-0.2, 0) is 60.9 Å². The summed E-state index contributed by atoms with van der Waals surface area (Å²) in [4.78, 5) is 84.3. The molecule has 0 aliphatic carbocycles. The summed E-state index contributed by atoms with van der Waals surface area (Å²) in [6.07, 6.45) is 0.536. The molecule has 2 unspecified atom stereocenters. The molecule has 2 aliphatic heterocycles. The first kappa shape index (κ1) is 47.4. The van der Waals surface area contributed by atoms with Gasteiger partial charge in [-0.1, -0.05) is 133 Å². The molecule has 344 valence electrons. The van der Waals surface area contributed by atoms with Crippen molar-refractivity contribution in [1.82, 2.24) is 26.6 Å². The molecule has 0 saturated heterocycles. The summed E-state index contributed by atoms with van der Waals surface area (Å²) in [7, 11) is 0. The summed E-state index contributed by atoms with van der Waals surface area (Å²) in [5.41, 5.74) is 5.04. The average Bonchev–Trinajstić information content (AvgIpc) is 3.86. The van der Waals surface area contributed by atoms with Gasteiger partial charge >= 0.3 is 5.97 Å². The van der Waals surface area contributed by atoms with E-state index in [0.717, 1.165) is 32.7 Å². The average molecular weight is 920 g/mol. The van der Waals surface area contributed by atoms with E-state index < -0.39 is 72.3 Å². The van der Waals surface area contributed by atoms with Gasteiger partial charge in [0.15, 0.2) is 6.61 Å². The first-order valence-corrected chi connectivity index (χ1v) is 23.1. The van der Waals surface area contributed by atoms with E-state index >= 15 is 0 Å². The highest BCUT2D eigenvalue weighted by atomic mass is 32.1. The van der Waals surface area contributed by atoms with Crippen molar-refractivity contribution in [2.24, 2.45) is 0 Å².